The fourth-order valence-electron chi connectivity index (χ4n) is 3.42. The molecule has 0 spiro atoms. The second kappa shape index (κ2) is 9.76. The van der Waals surface area contributed by atoms with Crippen molar-refractivity contribution in [2.24, 2.45) is 5.10 Å². The van der Waals surface area contributed by atoms with Gasteiger partial charge >= 0.3 is 0 Å². The molecule has 11 heteroatoms. The lowest BCUT2D eigenvalue weighted by atomic mass is 10.1. The molecular weight excluding hydrogens is 490 g/mol. The second-order valence-electron chi connectivity index (χ2n) is 7.60. The molecule has 1 aliphatic heterocycles. The van der Waals surface area contributed by atoms with Crippen LogP contribution in [-0.4, -0.2) is 18.7 Å². The van der Waals surface area contributed by atoms with Crippen molar-refractivity contribution < 1.29 is 40.6 Å². The molecule has 0 fully saturated rings. The van der Waals surface area contributed by atoms with Gasteiger partial charge < -0.3 is 9.47 Å². The molecule has 0 radical (unpaired) electrons. The molecule has 0 aliphatic carbocycles. The number of benzene rings is 3. The summed E-state index contributed by atoms with van der Waals surface area (Å²) in [5, 5.41) is 3.83. The van der Waals surface area contributed by atoms with Crippen LogP contribution in [0.15, 0.2) is 53.1 Å². The SMILES string of the molecule is COc1cc(/C=C2/C(=O)N(c3c(F)c(F)c(F)c(F)c3F)N=C2C)ccc1OCc1ccc(F)cc1. The Labute approximate surface area is 200 Å². The van der Waals surface area contributed by atoms with E-state index in [0.717, 1.165) is 0 Å². The van der Waals surface area contributed by atoms with Crippen LogP contribution in [0.1, 0.15) is 18.1 Å². The van der Waals surface area contributed by atoms with Crippen LogP contribution >= 0.6 is 0 Å². The predicted octanol–water partition coefficient (Wildman–Crippen LogP) is 5.91. The van der Waals surface area contributed by atoms with E-state index in [2.05, 4.69) is 5.10 Å². The smallest absolute Gasteiger partial charge is 0.280 e. The molecule has 186 valence electrons. The number of rotatable bonds is 6. The number of ether oxygens (including phenoxy) is 2. The minimum Gasteiger partial charge on any atom is -0.493 e. The van der Waals surface area contributed by atoms with Crippen molar-refractivity contribution in [3.8, 4) is 11.5 Å². The largest absolute Gasteiger partial charge is 0.493 e. The molecule has 0 aromatic heterocycles. The number of anilines is 1. The Hall–Kier alpha value is -4.28. The molecule has 0 saturated carbocycles. The lowest BCUT2D eigenvalue weighted by Gasteiger charge is -2.15. The van der Waals surface area contributed by atoms with Gasteiger partial charge in [0.2, 0.25) is 5.82 Å². The molecule has 0 unspecified atom stereocenters. The molecule has 3 aromatic rings. The first-order valence-corrected chi connectivity index (χ1v) is 10.3. The van der Waals surface area contributed by atoms with Crippen LogP contribution < -0.4 is 14.5 Å². The second-order valence-corrected chi connectivity index (χ2v) is 7.60. The zero-order valence-corrected chi connectivity index (χ0v) is 18.7. The summed E-state index contributed by atoms with van der Waals surface area (Å²) in [5.74, 6) is -11.9. The van der Waals surface area contributed by atoms with E-state index < -0.39 is 40.7 Å². The zero-order chi connectivity index (χ0) is 26.1. The van der Waals surface area contributed by atoms with Gasteiger partial charge in [-0.3, -0.25) is 4.79 Å². The summed E-state index contributed by atoms with van der Waals surface area (Å²) in [6, 6.07) is 10.3. The van der Waals surface area contributed by atoms with E-state index in [4.69, 9.17) is 9.47 Å². The number of hydrogen-bond donors (Lipinski definition) is 0. The van der Waals surface area contributed by atoms with Crippen LogP contribution in [0, 0.1) is 34.9 Å². The van der Waals surface area contributed by atoms with Crippen molar-refractivity contribution >= 4 is 23.4 Å². The highest BCUT2D eigenvalue weighted by Crippen LogP contribution is 2.35. The highest BCUT2D eigenvalue weighted by Gasteiger charge is 2.37. The summed E-state index contributed by atoms with van der Waals surface area (Å²) in [4.78, 5) is 12.8. The average Bonchev–Trinajstić information content (AvgIpc) is 3.14. The average molecular weight is 506 g/mol. The summed E-state index contributed by atoms with van der Waals surface area (Å²) >= 11 is 0. The molecule has 0 bridgehead atoms. The Balaban J connectivity index is 1.61. The number of halogens is 6. The van der Waals surface area contributed by atoms with Crippen LogP contribution in [0.4, 0.5) is 32.0 Å². The van der Waals surface area contributed by atoms with E-state index in [9.17, 15) is 31.1 Å². The first-order valence-electron chi connectivity index (χ1n) is 10.3. The summed E-state index contributed by atoms with van der Waals surface area (Å²) in [6.07, 6.45) is 1.32. The van der Waals surface area contributed by atoms with E-state index in [-0.39, 0.29) is 34.5 Å². The molecule has 1 heterocycles. The number of amides is 1. The Morgan fingerprint density at radius 2 is 1.47 bits per heavy atom. The topological polar surface area (TPSA) is 51.1 Å². The van der Waals surface area contributed by atoms with E-state index in [1.165, 1.54) is 38.3 Å². The minimum absolute atomic E-state index is 0.0143. The van der Waals surface area contributed by atoms with E-state index in [0.29, 0.717) is 16.9 Å². The van der Waals surface area contributed by atoms with Gasteiger partial charge in [-0.1, -0.05) is 18.2 Å². The third-order valence-corrected chi connectivity index (χ3v) is 5.27. The first-order chi connectivity index (χ1) is 17.1. The Bertz CT molecular complexity index is 1390. The monoisotopic (exact) mass is 506 g/mol. The number of methoxy groups -OCH3 is 1. The number of carbonyl (C=O) groups excluding carboxylic acids is 1. The molecule has 3 aromatic carbocycles. The van der Waals surface area contributed by atoms with Gasteiger partial charge in [0.15, 0.2) is 34.8 Å². The molecular formula is C25H16F6N2O3. The van der Waals surface area contributed by atoms with Gasteiger partial charge in [0.1, 0.15) is 18.1 Å². The van der Waals surface area contributed by atoms with Gasteiger partial charge in [0, 0.05) is 0 Å². The van der Waals surface area contributed by atoms with Crippen molar-refractivity contribution in [1.82, 2.24) is 0 Å². The quantitative estimate of drug-likeness (QED) is 0.181. The van der Waals surface area contributed by atoms with Gasteiger partial charge in [-0.2, -0.15) is 10.1 Å². The van der Waals surface area contributed by atoms with E-state index >= 15 is 0 Å². The maximum absolute atomic E-state index is 14.2. The van der Waals surface area contributed by atoms with Gasteiger partial charge in [0.25, 0.3) is 5.91 Å². The van der Waals surface area contributed by atoms with Crippen molar-refractivity contribution in [3.63, 3.8) is 0 Å². The van der Waals surface area contributed by atoms with Crippen LogP contribution in [0.5, 0.6) is 11.5 Å². The van der Waals surface area contributed by atoms with Crippen molar-refractivity contribution in [3.05, 3.63) is 94.1 Å². The van der Waals surface area contributed by atoms with Crippen LogP contribution in [-0.2, 0) is 11.4 Å². The van der Waals surface area contributed by atoms with Gasteiger partial charge in [-0.05, 0) is 48.4 Å². The third-order valence-electron chi connectivity index (χ3n) is 5.27. The maximum Gasteiger partial charge on any atom is 0.280 e. The van der Waals surface area contributed by atoms with Crippen molar-refractivity contribution in [1.29, 1.82) is 0 Å². The summed E-state index contributed by atoms with van der Waals surface area (Å²) in [7, 11) is 1.38. The van der Waals surface area contributed by atoms with Crippen LogP contribution in [0.3, 0.4) is 0 Å². The number of hydrogen-bond acceptors (Lipinski definition) is 4. The van der Waals surface area contributed by atoms with E-state index in [1.54, 1.807) is 24.3 Å². The summed E-state index contributed by atoms with van der Waals surface area (Å²) in [5.41, 5.74) is -0.513. The highest BCUT2D eigenvalue weighted by atomic mass is 19.2. The Morgan fingerprint density at radius 3 is 2.08 bits per heavy atom. The molecule has 1 amide bonds. The van der Waals surface area contributed by atoms with Crippen LogP contribution in [0.2, 0.25) is 0 Å². The van der Waals surface area contributed by atoms with Gasteiger partial charge in [-0.15, -0.1) is 0 Å². The predicted molar refractivity (Wildman–Crippen MR) is 119 cm³/mol. The molecule has 36 heavy (non-hydrogen) atoms. The maximum atomic E-state index is 14.2. The molecule has 0 atom stereocenters. The fourth-order valence-corrected chi connectivity index (χ4v) is 3.42. The van der Waals surface area contributed by atoms with Crippen molar-refractivity contribution in [2.45, 2.75) is 13.5 Å². The normalized spacial score (nSPS) is 14.4. The third kappa shape index (κ3) is 4.51. The van der Waals surface area contributed by atoms with Crippen molar-refractivity contribution in [2.75, 3.05) is 12.1 Å². The summed E-state index contributed by atoms with van der Waals surface area (Å²) in [6.45, 7) is 1.46. The standard InChI is InChI=1S/C25H16F6N2O3/c1-12-16(25(34)33(32-12)24-22(30)20(28)19(27)21(29)23(24)31)9-14-5-8-17(18(10-14)35-2)36-11-13-3-6-15(26)7-4-13/h3-10H,11H2,1-2H3/b16-9+. The number of hydrazone groups is 1. The summed E-state index contributed by atoms with van der Waals surface area (Å²) < 4.78 is 93.1. The highest BCUT2D eigenvalue weighted by molar-refractivity contribution is 6.32. The Morgan fingerprint density at radius 1 is 0.861 bits per heavy atom. The lowest BCUT2D eigenvalue weighted by Crippen LogP contribution is -2.25. The number of carbonyl (C=O) groups is 1. The fraction of sp³-hybridized carbons (Fsp3) is 0.120. The Kier molecular flexibility index (Phi) is 6.73. The van der Waals surface area contributed by atoms with Crippen LogP contribution in [0.25, 0.3) is 6.08 Å². The molecule has 4 rings (SSSR count). The first kappa shape index (κ1) is 24.8. The van der Waals surface area contributed by atoms with Gasteiger partial charge in [-0.25, -0.2) is 26.3 Å². The zero-order valence-electron chi connectivity index (χ0n) is 18.7. The lowest BCUT2D eigenvalue weighted by molar-refractivity contribution is -0.114. The van der Waals surface area contributed by atoms with E-state index in [1.807, 2.05) is 0 Å². The molecule has 0 saturated heterocycles. The molecule has 0 N–H and O–H groups in total. The minimum atomic E-state index is -2.34. The van der Waals surface area contributed by atoms with Gasteiger partial charge in [0.05, 0.1) is 18.4 Å². The molecule has 1 aliphatic rings. The molecule has 5 nitrogen and oxygen atoms in total. The number of nitrogens with zero attached hydrogens (tertiary/aromatic N) is 2.